The highest BCUT2D eigenvalue weighted by Crippen LogP contribution is 2.26. The van der Waals surface area contributed by atoms with Gasteiger partial charge in [0.2, 0.25) is 0 Å². The molecule has 1 aromatic heterocycles. The lowest BCUT2D eigenvalue weighted by Gasteiger charge is -1.94. The number of aromatic nitrogens is 1. The van der Waals surface area contributed by atoms with Gasteiger partial charge in [0.1, 0.15) is 5.69 Å². The van der Waals surface area contributed by atoms with Crippen LogP contribution in [0.4, 0.5) is 0 Å². The second kappa shape index (κ2) is 4.54. The smallest absolute Gasteiger partial charge is 0.352 e. The predicted octanol–water partition coefficient (Wildman–Crippen LogP) is 2.62. The Morgan fingerprint density at radius 3 is 2.61 bits per heavy atom. The number of carboxylic acid groups (broad SMARTS) is 2. The highest BCUT2D eigenvalue weighted by Gasteiger charge is 2.15. The van der Waals surface area contributed by atoms with Crippen molar-refractivity contribution in [3.63, 3.8) is 0 Å². The molecule has 18 heavy (non-hydrogen) atoms. The predicted molar refractivity (Wildman–Crippen MR) is 66.9 cm³/mol. The van der Waals surface area contributed by atoms with Crippen molar-refractivity contribution < 1.29 is 19.8 Å². The van der Waals surface area contributed by atoms with Gasteiger partial charge in [0, 0.05) is 27.6 Å². The van der Waals surface area contributed by atoms with Gasteiger partial charge in [0.25, 0.3) is 0 Å². The number of rotatable bonds is 3. The second-order valence-corrected chi connectivity index (χ2v) is 4.02. The van der Waals surface area contributed by atoms with Gasteiger partial charge in [-0.3, -0.25) is 0 Å². The molecule has 0 aliphatic carbocycles. The minimum atomic E-state index is -1.16. The van der Waals surface area contributed by atoms with Gasteiger partial charge in [-0.1, -0.05) is 11.6 Å². The molecule has 0 aliphatic rings. The monoisotopic (exact) mass is 265 g/mol. The first-order chi connectivity index (χ1) is 8.49. The fraction of sp³-hybridized carbons (Fsp3) is 0. The van der Waals surface area contributed by atoms with E-state index in [2.05, 4.69) is 4.98 Å². The van der Waals surface area contributed by atoms with Crippen LogP contribution in [0.5, 0.6) is 0 Å². The Morgan fingerprint density at radius 1 is 1.28 bits per heavy atom. The van der Waals surface area contributed by atoms with E-state index in [1.165, 1.54) is 6.08 Å². The highest BCUT2D eigenvalue weighted by molar-refractivity contribution is 6.31. The van der Waals surface area contributed by atoms with Crippen LogP contribution in [0.1, 0.15) is 16.1 Å². The third-order valence-corrected chi connectivity index (χ3v) is 2.64. The summed E-state index contributed by atoms with van der Waals surface area (Å²) in [6, 6.07) is 4.85. The van der Waals surface area contributed by atoms with Gasteiger partial charge in [-0.05, 0) is 24.3 Å². The van der Waals surface area contributed by atoms with E-state index in [0.717, 1.165) is 6.08 Å². The van der Waals surface area contributed by atoms with E-state index >= 15 is 0 Å². The quantitative estimate of drug-likeness (QED) is 0.744. The molecule has 0 bridgehead atoms. The van der Waals surface area contributed by atoms with E-state index < -0.39 is 11.9 Å². The molecule has 0 fully saturated rings. The second-order valence-electron chi connectivity index (χ2n) is 3.58. The first kappa shape index (κ1) is 12.2. The number of halogens is 1. The fourth-order valence-corrected chi connectivity index (χ4v) is 1.85. The zero-order valence-electron chi connectivity index (χ0n) is 8.98. The molecule has 0 saturated carbocycles. The van der Waals surface area contributed by atoms with Gasteiger partial charge in [0.15, 0.2) is 0 Å². The van der Waals surface area contributed by atoms with Crippen molar-refractivity contribution in [2.45, 2.75) is 0 Å². The molecule has 0 unspecified atom stereocenters. The van der Waals surface area contributed by atoms with E-state index in [-0.39, 0.29) is 5.69 Å². The number of nitrogens with one attached hydrogen (secondary N) is 1. The fourth-order valence-electron chi connectivity index (χ4n) is 1.68. The standard InChI is InChI=1S/C12H8ClNO4/c13-6-1-3-9-8(5-6)7(2-4-10(15)16)11(14-9)12(17)18/h1-5,14H,(H,15,16)(H,17,18)/b4-2-. The van der Waals surface area contributed by atoms with Crippen molar-refractivity contribution >= 4 is 40.5 Å². The number of hydrogen-bond acceptors (Lipinski definition) is 2. The summed E-state index contributed by atoms with van der Waals surface area (Å²) in [6.45, 7) is 0. The van der Waals surface area contributed by atoms with Gasteiger partial charge in [-0.25, -0.2) is 9.59 Å². The van der Waals surface area contributed by atoms with Crippen LogP contribution in [0.3, 0.4) is 0 Å². The summed E-state index contributed by atoms with van der Waals surface area (Å²) >= 11 is 5.84. The Labute approximate surface area is 106 Å². The Kier molecular flexibility index (Phi) is 3.08. The molecule has 0 atom stereocenters. The molecule has 0 aliphatic heterocycles. The summed E-state index contributed by atoms with van der Waals surface area (Å²) in [5, 5.41) is 18.7. The van der Waals surface area contributed by atoms with E-state index in [1.807, 2.05) is 0 Å². The maximum Gasteiger partial charge on any atom is 0.352 e. The van der Waals surface area contributed by atoms with Crippen molar-refractivity contribution in [3.05, 3.63) is 40.6 Å². The van der Waals surface area contributed by atoms with Crippen LogP contribution >= 0.6 is 11.6 Å². The summed E-state index contributed by atoms with van der Waals surface area (Å²) in [6.07, 6.45) is 2.12. The molecule has 0 radical (unpaired) electrons. The lowest BCUT2D eigenvalue weighted by atomic mass is 10.1. The van der Waals surface area contributed by atoms with Crippen LogP contribution in [-0.2, 0) is 4.79 Å². The molecule has 0 spiro atoms. The van der Waals surface area contributed by atoms with Crippen LogP contribution in [-0.4, -0.2) is 27.1 Å². The maximum atomic E-state index is 11.1. The van der Waals surface area contributed by atoms with E-state index in [1.54, 1.807) is 18.2 Å². The largest absolute Gasteiger partial charge is 0.478 e. The number of H-pyrrole nitrogens is 1. The number of aliphatic carboxylic acids is 1. The van der Waals surface area contributed by atoms with Crippen LogP contribution < -0.4 is 0 Å². The molecular weight excluding hydrogens is 258 g/mol. The Bertz CT molecular complexity index is 672. The van der Waals surface area contributed by atoms with E-state index in [0.29, 0.717) is 21.5 Å². The number of aromatic amines is 1. The topological polar surface area (TPSA) is 90.4 Å². The number of carbonyl (C=O) groups is 2. The van der Waals surface area contributed by atoms with Crippen molar-refractivity contribution in [2.24, 2.45) is 0 Å². The van der Waals surface area contributed by atoms with Gasteiger partial charge >= 0.3 is 11.9 Å². The Hall–Kier alpha value is -2.27. The van der Waals surface area contributed by atoms with Crippen LogP contribution in [0, 0.1) is 0 Å². The van der Waals surface area contributed by atoms with Crippen LogP contribution in [0.15, 0.2) is 24.3 Å². The number of hydrogen-bond donors (Lipinski definition) is 3. The number of carboxylic acids is 2. The van der Waals surface area contributed by atoms with Crippen molar-refractivity contribution in [3.8, 4) is 0 Å². The molecule has 3 N–H and O–H groups in total. The van der Waals surface area contributed by atoms with Gasteiger partial charge in [-0.2, -0.15) is 0 Å². The van der Waals surface area contributed by atoms with E-state index in [9.17, 15) is 9.59 Å². The van der Waals surface area contributed by atoms with Gasteiger partial charge in [0.05, 0.1) is 0 Å². The minimum Gasteiger partial charge on any atom is -0.478 e. The molecule has 2 aromatic rings. The lowest BCUT2D eigenvalue weighted by Crippen LogP contribution is -1.98. The summed E-state index contributed by atoms with van der Waals surface area (Å²) in [7, 11) is 0. The lowest BCUT2D eigenvalue weighted by molar-refractivity contribution is -0.131. The van der Waals surface area contributed by atoms with Crippen LogP contribution in [0.2, 0.25) is 5.02 Å². The van der Waals surface area contributed by atoms with Crippen molar-refractivity contribution in [2.75, 3.05) is 0 Å². The normalized spacial score (nSPS) is 11.2. The van der Waals surface area contributed by atoms with Crippen molar-refractivity contribution in [1.82, 2.24) is 4.98 Å². The average Bonchev–Trinajstić information content (AvgIpc) is 2.64. The molecular formula is C12H8ClNO4. The van der Waals surface area contributed by atoms with Gasteiger partial charge < -0.3 is 15.2 Å². The minimum absolute atomic E-state index is 0.0650. The summed E-state index contributed by atoms with van der Waals surface area (Å²) in [5.74, 6) is -2.31. The third-order valence-electron chi connectivity index (χ3n) is 2.41. The first-order valence-electron chi connectivity index (χ1n) is 4.94. The molecule has 6 heteroatoms. The molecule has 92 valence electrons. The maximum absolute atomic E-state index is 11.1. The molecule has 2 rings (SSSR count). The highest BCUT2D eigenvalue weighted by atomic mass is 35.5. The Balaban J connectivity index is 2.72. The molecule has 1 heterocycles. The molecule has 5 nitrogen and oxygen atoms in total. The molecule has 0 amide bonds. The molecule has 1 aromatic carbocycles. The summed E-state index contributed by atoms with van der Waals surface area (Å²) in [4.78, 5) is 24.3. The summed E-state index contributed by atoms with van der Waals surface area (Å²) in [5.41, 5.74) is 0.814. The average molecular weight is 266 g/mol. The molecule has 0 saturated heterocycles. The zero-order valence-corrected chi connectivity index (χ0v) is 9.73. The SMILES string of the molecule is O=C(O)/C=C\c1c(C(=O)O)[nH]c2ccc(Cl)cc12. The van der Waals surface area contributed by atoms with E-state index in [4.69, 9.17) is 21.8 Å². The van der Waals surface area contributed by atoms with Crippen molar-refractivity contribution in [1.29, 1.82) is 0 Å². The number of benzene rings is 1. The van der Waals surface area contributed by atoms with Crippen LogP contribution in [0.25, 0.3) is 17.0 Å². The number of aromatic carboxylic acids is 1. The summed E-state index contributed by atoms with van der Waals surface area (Å²) < 4.78 is 0. The Morgan fingerprint density at radius 2 is 2.00 bits per heavy atom. The third kappa shape index (κ3) is 2.21. The zero-order chi connectivity index (χ0) is 13.3. The first-order valence-corrected chi connectivity index (χ1v) is 5.32. The number of fused-ring (bicyclic) bond motifs is 1. The van der Waals surface area contributed by atoms with Gasteiger partial charge in [-0.15, -0.1) is 0 Å².